The van der Waals surface area contributed by atoms with Gasteiger partial charge in [-0.2, -0.15) is 0 Å². The van der Waals surface area contributed by atoms with Crippen molar-refractivity contribution in [1.29, 1.82) is 0 Å². The first-order valence-electron chi connectivity index (χ1n) is 8.16. The number of carbonyl (C=O) groups excluding carboxylic acids is 1. The van der Waals surface area contributed by atoms with Crippen LogP contribution >= 0.6 is 11.8 Å². The maximum atomic E-state index is 12.4. The monoisotopic (exact) mass is 352 g/mol. The van der Waals surface area contributed by atoms with Gasteiger partial charge in [-0.3, -0.25) is 4.79 Å². The standard InChI is InChI=1S/C19H20N4OS/c1-3-12-23-17(4-2)21-22-19(23)25-13-18(24)20-16-11-7-9-14-8-5-6-10-15(14)16/h3,5-11H,1,4,12-13H2,2H3,(H,20,24). The van der Waals surface area contributed by atoms with Crippen LogP contribution in [0, 0.1) is 0 Å². The van der Waals surface area contributed by atoms with Gasteiger partial charge in [-0.1, -0.05) is 61.2 Å². The molecule has 0 unspecified atom stereocenters. The number of aromatic nitrogens is 3. The molecule has 5 nitrogen and oxygen atoms in total. The van der Waals surface area contributed by atoms with Crippen LogP contribution in [0.1, 0.15) is 12.7 Å². The van der Waals surface area contributed by atoms with E-state index >= 15 is 0 Å². The number of hydrogen-bond acceptors (Lipinski definition) is 4. The van der Waals surface area contributed by atoms with Crippen molar-refractivity contribution >= 4 is 34.1 Å². The summed E-state index contributed by atoms with van der Waals surface area (Å²) in [4.78, 5) is 12.4. The molecular weight excluding hydrogens is 332 g/mol. The lowest BCUT2D eigenvalue weighted by Crippen LogP contribution is -2.15. The fourth-order valence-electron chi connectivity index (χ4n) is 2.65. The second-order valence-corrected chi connectivity index (χ2v) is 6.46. The molecule has 1 amide bonds. The molecule has 0 saturated heterocycles. The molecule has 1 heterocycles. The van der Waals surface area contributed by atoms with Gasteiger partial charge in [0.1, 0.15) is 5.82 Å². The topological polar surface area (TPSA) is 59.8 Å². The Morgan fingerprint density at radius 3 is 2.84 bits per heavy atom. The number of carbonyl (C=O) groups is 1. The highest BCUT2D eigenvalue weighted by Crippen LogP contribution is 2.24. The molecule has 0 aliphatic rings. The third-order valence-corrected chi connectivity index (χ3v) is 4.78. The SMILES string of the molecule is C=CCn1c(CC)nnc1SCC(=O)Nc1cccc2ccccc12. The lowest BCUT2D eigenvalue weighted by Gasteiger charge is -2.09. The molecular formula is C19H20N4OS. The van der Waals surface area contributed by atoms with Crippen molar-refractivity contribution in [3.63, 3.8) is 0 Å². The third-order valence-electron chi connectivity index (χ3n) is 3.82. The van der Waals surface area contributed by atoms with Gasteiger partial charge in [0.15, 0.2) is 5.16 Å². The molecule has 2 aromatic carbocycles. The maximum absolute atomic E-state index is 12.4. The smallest absolute Gasteiger partial charge is 0.234 e. The molecule has 1 aromatic heterocycles. The number of amides is 1. The summed E-state index contributed by atoms with van der Waals surface area (Å²) in [5.41, 5.74) is 0.825. The van der Waals surface area contributed by atoms with Crippen molar-refractivity contribution < 1.29 is 4.79 Å². The highest BCUT2D eigenvalue weighted by molar-refractivity contribution is 7.99. The van der Waals surface area contributed by atoms with Gasteiger partial charge in [0.05, 0.1) is 5.75 Å². The highest BCUT2D eigenvalue weighted by atomic mass is 32.2. The van der Waals surface area contributed by atoms with E-state index in [2.05, 4.69) is 22.1 Å². The average molecular weight is 352 g/mol. The van der Waals surface area contributed by atoms with Crippen molar-refractivity contribution in [2.24, 2.45) is 0 Å². The van der Waals surface area contributed by atoms with Gasteiger partial charge in [-0.15, -0.1) is 16.8 Å². The molecule has 0 bridgehead atoms. The van der Waals surface area contributed by atoms with Crippen LogP contribution in [0.5, 0.6) is 0 Å². The normalized spacial score (nSPS) is 10.8. The Hall–Kier alpha value is -2.60. The first-order chi connectivity index (χ1) is 12.2. The van der Waals surface area contributed by atoms with E-state index in [0.717, 1.165) is 33.9 Å². The van der Waals surface area contributed by atoms with E-state index in [4.69, 9.17) is 0 Å². The number of rotatable bonds is 7. The van der Waals surface area contributed by atoms with Crippen LogP contribution < -0.4 is 5.32 Å². The minimum atomic E-state index is -0.0624. The first kappa shape index (κ1) is 17.2. The van der Waals surface area contributed by atoms with Crippen LogP contribution in [0.4, 0.5) is 5.69 Å². The summed E-state index contributed by atoms with van der Waals surface area (Å²) in [6, 6.07) is 13.9. The molecule has 0 spiro atoms. The van der Waals surface area contributed by atoms with E-state index < -0.39 is 0 Å². The largest absolute Gasteiger partial charge is 0.325 e. The van der Waals surface area contributed by atoms with Crippen molar-refractivity contribution in [3.05, 3.63) is 60.9 Å². The van der Waals surface area contributed by atoms with E-state index in [1.54, 1.807) is 0 Å². The fraction of sp³-hybridized carbons (Fsp3) is 0.211. The van der Waals surface area contributed by atoms with Gasteiger partial charge < -0.3 is 9.88 Å². The number of aryl methyl sites for hydroxylation is 1. The van der Waals surface area contributed by atoms with E-state index in [9.17, 15) is 4.79 Å². The lowest BCUT2D eigenvalue weighted by atomic mass is 10.1. The summed E-state index contributed by atoms with van der Waals surface area (Å²) < 4.78 is 1.99. The van der Waals surface area contributed by atoms with Crippen LogP contribution in [0.3, 0.4) is 0 Å². The average Bonchev–Trinajstić information content (AvgIpc) is 3.02. The highest BCUT2D eigenvalue weighted by Gasteiger charge is 2.13. The second-order valence-electron chi connectivity index (χ2n) is 5.52. The van der Waals surface area contributed by atoms with Gasteiger partial charge in [-0.25, -0.2) is 0 Å². The van der Waals surface area contributed by atoms with Gasteiger partial charge in [0, 0.05) is 24.0 Å². The van der Waals surface area contributed by atoms with Crippen molar-refractivity contribution in [1.82, 2.24) is 14.8 Å². The second kappa shape index (κ2) is 7.98. The number of benzene rings is 2. The molecule has 6 heteroatoms. The van der Waals surface area contributed by atoms with Crippen LogP contribution in [0.2, 0.25) is 0 Å². The zero-order chi connectivity index (χ0) is 17.6. The zero-order valence-corrected chi connectivity index (χ0v) is 14.9. The number of anilines is 1. The van der Waals surface area contributed by atoms with Gasteiger partial charge >= 0.3 is 0 Å². The summed E-state index contributed by atoms with van der Waals surface area (Å²) in [6.07, 6.45) is 2.60. The van der Waals surface area contributed by atoms with Gasteiger partial charge in [-0.05, 0) is 11.5 Å². The Morgan fingerprint density at radius 2 is 2.04 bits per heavy atom. The maximum Gasteiger partial charge on any atom is 0.234 e. The summed E-state index contributed by atoms with van der Waals surface area (Å²) >= 11 is 1.39. The lowest BCUT2D eigenvalue weighted by molar-refractivity contribution is -0.113. The molecule has 0 aliphatic heterocycles. The number of nitrogens with zero attached hydrogens (tertiary/aromatic N) is 3. The number of thioether (sulfide) groups is 1. The predicted octanol–water partition coefficient (Wildman–Crippen LogP) is 3.91. The predicted molar refractivity (Wildman–Crippen MR) is 103 cm³/mol. The summed E-state index contributed by atoms with van der Waals surface area (Å²) in [5.74, 6) is 1.12. The number of nitrogens with one attached hydrogen (secondary N) is 1. The van der Waals surface area contributed by atoms with Crippen LogP contribution in [0.15, 0.2) is 60.3 Å². The van der Waals surface area contributed by atoms with Gasteiger partial charge in [0.2, 0.25) is 5.91 Å². The summed E-state index contributed by atoms with van der Waals surface area (Å²) in [6.45, 7) is 6.44. The number of fused-ring (bicyclic) bond motifs is 1. The molecule has 0 fully saturated rings. The summed E-state index contributed by atoms with van der Waals surface area (Å²) in [7, 11) is 0. The van der Waals surface area contributed by atoms with Gasteiger partial charge in [0.25, 0.3) is 0 Å². The van der Waals surface area contributed by atoms with Crippen molar-refractivity contribution in [3.8, 4) is 0 Å². The van der Waals surface area contributed by atoms with Crippen LogP contribution in [-0.4, -0.2) is 26.4 Å². The Morgan fingerprint density at radius 1 is 1.24 bits per heavy atom. The van der Waals surface area contributed by atoms with Crippen LogP contribution in [-0.2, 0) is 17.8 Å². The van der Waals surface area contributed by atoms with Crippen LogP contribution in [0.25, 0.3) is 10.8 Å². The number of allylic oxidation sites excluding steroid dienone is 1. The minimum absolute atomic E-state index is 0.0624. The molecule has 0 saturated carbocycles. The molecule has 0 radical (unpaired) electrons. The molecule has 128 valence electrons. The quantitative estimate of drug-likeness (QED) is 0.517. The summed E-state index contributed by atoms with van der Waals surface area (Å²) in [5, 5.41) is 14.2. The van der Waals surface area contributed by atoms with Crippen molar-refractivity contribution in [2.45, 2.75) is 25.0 Å². The Bertz CT molecular complexity index is 898. The zero-order valence-electron chi connectivity index (χ0n) is 14.1. The Kier molecular flexibility index (Phi) is 5.50. The Balaban J connectivity index is 1.69. The number of hydrogen-bond donors (Lipinski definition) is 1. The van der Waals surface area contributed by atoms with E-state index in [1.165, 1.54) is 11.8 Å². The first-order valence-corrected chi connectivity index (χ1v) is 9.15. The molecule has 25 heavy (non-hydrogen) atoms. The molecule has 0 atom stereocenters. The Labute approximate surface area is 151 Å². The molecule has 3 rings (SSSR count). The van der Waals surface area contributed by atoms with E-state index in [1.807, 2.05) is 60.0 Å². The minimum Gasteiger partial charge on any atom is -0.325 e. The van der Waals surface area contributed by atoms with E-state index in [-0.39, 0.29) is 11.7 Å². The molecule has 3 aromatic rings. The third kappa shape index (κ3) is 3.91. The van der Waals surface area contributed by atoms with Crippen molar-refractivity contribution in [2.75, 3.05) is 11.1 Å². The fourth-order valence-corrected chi connectivity index (χ4v) is 3.42. The molecule has 0 aliphatic carbocycles. The van der Waals surface area contributed by atoms with E-state index in [0.29, 0.717) is 6.54 Å². The molecule has 1 N–H and O–H groups in total.